The first-order valence-corrected chi connectivity index (χ1v) is 9.99. The van der Waals surface area contributed by atoms with Gasteiger partial charge in [0, 0.05) is 5.56 Å². The number of benzene rings is 3. The summed E-state index contributed by atoms with van der Waals surface area (Å²) in [5, 5.41) is 27.3. The number of hydrogen-bond acceptors (Lipinski definition) is 2. The van der Waals surface area contributed by atoms with Crippen LogP contribution in [0.1, 0.15) is 37.7 Å². The van der Waals surface area contributed by atoms with E-state index in [0.717, 1.165) is 53.9 Å². The van der Waals surface area contributed by atoms with Crippen molar-refractivity contribution >= 4 is 21.5 Å². The second kappa shape index (κ2) is 5.01. The van der Waals surface area contributed by atoms with Crippen LogP contribution in [0.25, 0.3) is 21.5 Å². The highest BCUT2D eigenvalue weighted by atomic mass is 16.3. The van der Waals surface area contributed by atoms with Crippen LogP contribution in [0.5, 0.6) is 5.75 Å². The molecule has 0 radical (unpaired) electrons. The maximum absolute atomic E-state index is 11.9. The highest BCUT2D eigenvalue weighted by molar-refractivity contribution is 5.99. The largest absolute Gasteiger partial charge is 0.508 e. The van der Waals surface area contributed by atoms with Gasteiger partial charge in [0.05, 0.1) is 5.60 Å². The van der Waals surface area contributed by atoms with Crippen LogP contribution >= 0.6 is 0 Å². The molecule has 2 nitrogen and oxygen atoms in total. The summed E-state index contributed by atoms with van der Waals surface area (Å²) in [4.78, 5) is 0. The molecule has 3 aromatic rings. The molecule has 4 aliphatic carbocycles. The van der Waals surface area contributed by atoms with Crippen molar-refractivity contribution in [1.29, 1.82) is 0 Å². The molecule has 0 unspecified atom stereocenters. The van der Waals surface area contributed by atoms with Crippen LogP contribution in [0.2, 0.25) is 0 Å². The first kappa shape index (κ1) is 15.0. The van der Waals surface area contributed by atoms with Crippen molar-refractivity contribution in [3.8, 4) is 5.75 Å². The van der Waals surface area contributed by atoms with E-state index in [2.05, 4.69) is 36.4 Å². The summed E-state index contributed by atoms with van der Waals surface area (Å²) in [5.41, 5.74) is -0.0776. The quantitative estimate of drug-likeness (QED) is 0.585. The van der Waals surface area contributed by atoms with Crippen LogP contribution in [-0.2, 0) is 5.60 Å². The Morgan fingerprint density at radius 2 is 1.23 bits per heavy atom. The highest BCUT2D eigenvalue weighted by Gasteiger charge is 2.58. The lowest BCUT2D eigenvalue weighted by Gasteiger charge is -2.59. The minimum atomic E-state index is -0.850. The van der Waals surface area contributed by atoms with Crippen molar-refractivity contribution in [1.82, 2.24) is 0 Å². The average molecular weight is 344 g/mol. The monoisotopic (exact) mass is 344 g/mol. The molecule has 0 amide bonds. The van der Waals surface area contributed by atoms with Crippen LogP contribution < -0.4 is 0 Å². The van der Waals surface area contributed by atoms with Gasteiger partial charge in [-0.15, -0.1) is 0 Å². The maximum atomic E-state index is 11.9. The van der Waals surface area contributed by atoms with Gasteiger partial charge in [-0.25, -0.2) is 0 Å². The molecule has 2 heteroatoms. The smallest absolute Gasteiger partial charge is 0.122 e. The molecule has 4 aliphatic rings. The molecule has 7 rings (SSSR count). The van der Waals surface area contributed by atoms with E-state index >= 15 is 0 Å². The fourth-order valence-electron chi connectivity index (χ4n) is 6.64. The molecule has 4 fully saturated rings. The SMILES string of the molecule is Oc1cc2cc3ccccc3cc2cc1C1(O)C2CC3CC(C2)CC1C3. The number of rotatable bonds is 1. The summed E-state index contributed by atoms with van der Waals surface area (Å²) in [5.74, 6) is 2.47. The number of fused-ring (bicyclic) bond motifs is 2. The Morgan fingerprint density at radius 1 is 0.692 bits per heavy atom. The first-order valence-electron chi connectivity index (χ1n) is 9.99. The lowest BCUT2D eigenvalue weighted by molar-refractivity contribution is -0.180. The molecule has 2 N–H and O–H groups in total. The van der Waals surface area contributed by atoms with Crippen molar-refractivity contribution in [2.75, 3.05) is 0 Å². The van der Waals surface area contributed by atoms with E-state index in [1.807, 2.05) is 12.1 Å². The lowest BCUT2D eigenvalue weighted by Crippen LogP contribution is -2.55. The van der Waals surface area contributed by atoms with Gasteiger partial charge in [0.2, 0.25) is 0 Å². The van der Waals surface area contributed by atoms with Crippen LogP contribution in [0, 0.1) is 23.7 Å². The molecule has 132 valence electrons. The summed E-state index contributed by atoms with van der Waals surface area (Å²) in [6.45, 7) is 0. The standard InChI is InChI=1S/C24H24O2/c25-23-13-19-11-17-4-2-1-3-16(17)10-18(19)12-22(23)24(26)20-6-14-5-15(8-20)9-21(24)7-14/h1-4,10-15,20-21,25-26H,5-9H2. The molecular weight excluding hydrogens is 320 g/mol. The zero-order valence-corrected chi connectivity index (χ0v) is 14.9. The van der Waals surface area contributed by atoms with Crippen molar-refractivity contribution in [3.05, 3.63) is 54.1 Å². The number of hydrogen-bond donors (Lipinski definition) is 2. The second-order valence-corrected chi connectivity index (χ2v) is 9.05. The Labute approximate surface area is 153 Å². The van der Waals surface area contributed by atoms with Gasteiger partial charge in [-0.2, -0.15) is 0 Å². The molecule has 4 bridgehead atoms. The molecular formula is C24H24O2. The van der Waals surface area contributed by atoms with Crippen LogP contribution in [0.4, 0.5) is 0 Å². The molecule has 0 saturated heterocycles. The predicted molar refractivity (Wildman–Crippen MR) is 104 cm³/mol. The molecule has 0 heterocycles. The number of aromatic hydroxyl groups is 1. The van der Waals surface area contributed by atoms with E-state index in [1.54, 1.807) is 0 Å². The van der Waals surface area contributed by atoms with Gasteiger partial charge in [-0.05, 0) is 102 Å². The normalized spacial score (nSPS) is 35.4. The summed E-state index contributed by atoms with van der Waals surface area (Å²) in [6, 6.07) is 16.6. The Hall–Kier alpha value is -2.06. The van der Waals surface area contributed by atoms with Crippen LogP contribution in [0.15, 0.2) is 48.5 Å². The minimum Gasteiger partial charge on any atom is -0.508 e. The lowest BCUT2D eigenvalue weighted by atomic mass is 9.48. The van der Waals surface area contributed by atoms with Crippen molar-refractivity contribution < 1.29 is 10.2 Å². The van der Waals surface area contributed by atoms with E-state index in [1.165, 1.54) is 17.2 Å². The van der Waals surface area contributed by atoms with Crippen molar-refractivity contribution in [3.63, 3.8) is 0 Å². The number of phenols is 1. The highest BCUT2D eigenvalue weighted by Crippen LogP contribution is 2.62. The maximum Gasteiger partial charge on any atom is 0.122 e. The van der Waals surface area contributed by atoms with Crippen molar-refractivity contribution in [2.24, 2.45) is 23.7 Å². The molecule has 3 aromatic carbocycles. The van der Waals surface area contributed by atoms with Gasteiger partial charge in [-0.3, -0.25) is 0 Å². The topological polar surface area (TPSA) is 40.5 Å². The van der Waals surface area contributed by atoms with E-state index in [4.69, 9.17) is 0 Å². The van der Waals surface area contributed by atoms with Gasteiger partial charge in [0.15, 0.2) is 0 Å². The zero-order chi connectivity index (χ0) is 17.5. The zero-order valence-electron chi connectivity index (χ0n) is 14.9. The fourth-order valence-corrected chi connectivity index (χ4v) is 6.64. The number of phenolic OH excluding ortho intramolecular Hbond substituents is 1. The fraction of sp³-hybridized carbons (Fsp3) is 0.417. The van der Waals surface area contributed by atoms with Gasteiger partial charge < -0.3 is 10.2 Å². The Kier molecular flexibility index (Phi) is 2.90. The van der Waals surface area contributed by atoms with Crippen LogP contribution in [0.3, 0.4) is 0 Å². The third-order valence-electron chi connectivity index (χ3n) is 7.63. The third-order valence-corrected chi connectivity index (χ3v) is 7.63. The van der Waals surface area contributed by atoms with Gasteiger partial charge in [-0.1, -0.05) is 24.3 Å². The third kappa shape index (κ3) is 1.91. The van der Waals surface area contributed by atoms with E-state index in [0.29, 0.717) is 11.8 Å². The van der Waals surface area contributed by atoms with Crippen LogP contribution in [-0.4, -0.2) is 10.2 Å². The number of aliphatic hydroxyl groups is 1. The van der Waals surface area contributed by atoms with E-state index < -0.39 is 5.60 Å². The first-order chi connectivity index (χ1) is 12.6. The Bertz CT molecular complexity index is 1010. The Morgan fingerprint density at radius 3 is 1.81 bits per heavy atom. The molecule has 0 aromatic heterocycles. The summed E-state index contributed by atoms with van der Waals surface area (Å²) in [7, 11) is 0. The molecule has 0 aliphatic heterocycles. The van der Waals surface area contributed by atoms with E-state index in [-0.39, 0.29) is 5.75 Å². The van der Waals surface area contributed by atoms with E-state index in [9.17, 15) is 10.2 Å². The van der Waals surface area contributed by atoms with Gasteiger partial charge >= 0.3 is 0 Å². The summed E-state index contributed by atoms with van der Waals surface area (Å²) in [6.07, 6.45) is 5.85. The average Bonchev–Trinajstić information content (AvgIpc) is 2.63. The summed E-state index contributed by atoms with van der Waals surface area (Å²) < 4.78 is 0. The second-order valence-electron chi connectivity index (χ2n) is 9.05. The molecule has 0 spiro atoms. The minimum absolute atomic E-state index is 0.266. The molecule has 4 saturated carbocycles. The molecule has 0 atom stereocenters. The molecule has 26 heavy (non-hydrogen) atoms. The predicted octanol–water partition coefficient (Wildman–Crippen LogP) is 5.34. The Balaban J connectivity index is 1.55. The van der Waals surface area contributed by atoms with Gasteiger partial charge in [0.1, 0.15) is 5.75 Å². The van der Waals surface area contributed by atoms with Gasteiger partial charge in [0.25, 0.3) is 0 Å². The summed E-state index contributed by atoms with van der Waals surface area (Å²) >= 11 is 0. The van der Waals surface area contributed by atoms with Crippen molar-refractivity contribution in [2.45, 2.75) is 37.7 Å².